The summed E-state index contributed by atoms with van der Waals surface area (Å²) in [5.41, 5.74) is 1.04. The van der Waals surface area contributed by atoms with Gasteiger partial charge in [0.2, 0.25) is 0 Å². The average molecular weight is 535 g/mol. The van der Waals surface area contributed by atoms with Crippen LogP contribution < -0.4 is 0 Å². The zero-order valence-corrected chi connectivity index (χ0v) is 23.0. The van der Waals surface area contributed by atoms with E-state index in [0.717, 1.165) is 24.8 Å². The summed E-state index contributed by atoms with van der Waals surface area (Å²) in [4.78, 5) is 12.8. The van der Waals surface area contributed by atoms with Gasteiger partial charge in [0.25, 0.3) is 0 Å². The van der Waals surface area contributed by atoms with Crippen molar-refractivity contribution in [2.75, 3.05) is 0 Å². The Morgan fingerprint density at radius 3 is 2.21 bits per heavy atom. The molecule has 0 amide bonds. The van der Waals surface area contributed by atoms with Crippen LogP contribution in [0.3, 0.4) is 0 Å². The van der Waals surface area contributed by atoms with Gasteiger partial charge in [-0.1, -0.05) is 69.4 Å². The Labute approximate surface area is 194 Å². The second kappa shape index (κ2) is 13.1. The minimum absolute atomic E-state index is 0.0670. The summed E-state index contributed by atoms with van der Waals surface area (Å²) >= 11 is 2.19. The molecule has 0 heterocycles. The van der Waals surface area contributed by atoms with E-state index in [1.807, 2.05) is 30.1 Å². The van der Waals surface area contributed by atoms with Crippen LogP contribution in [-0.4, -0.2) is 26.5 Å². The van der Waals surface area contributed by atoms with Gasteiger partial charge in [-0.3, -0.25) is 4.79 Å². The first kappa shape index (κ1) is 28.6. The predicted octanol–water partition coefficient (Wildman–Crippen LogP) is 7.83. The topological polar surface area (TPSA) is 35.5 Å². The second-order valence-corrected chi connectivity index (χ2v) is 15.1. The summed E-state index contributed by atoms with van der Waals surface area (Å²) in [6.07, 6.45) is 6.56. The lowest BCUT2D eigenvalue weighted by molar-refractivity contribution is -0.150. The smallest absolute Gasteiger partial charge is 0.308 e. The van der Waals surface area contributed by atoms with E-state index in [9.17, 15) is 4.79 Å². The third kappa shape index (κ3) is 10.4. The number of hydrogen-bond acceptors (Lipinski definition) is 3. The van der Waals surface area contributed by atoms with Gasteiger partial charge in [-0.2, -0.15) is 0 Å². The Morgan fingerprint density at radius 1 is 1.17 bits per heavy atom. The van der Waals surface area contributed by atoms with Crippen LogP contribution >= 0.6 is 22.6 Å². The number of halogens is 1. The van der Waals surface area contributed by atoms with Crippen molar-refractivity contribution in [3.05, 3.63) is 35.0 Å². The fraction of sp³-hybridized carbons (Fsp3) is 0.708. The first-order chi connectivity index (χ1) is 13.3. The predicted molar refractivity (Wildman–Crippen MR) is 137 cm³/mol. The molecule has 0 aliphatic carbocycles. The molecular formula is C24H43IO3Si. The van der Waals surface area contributed by atoms with Crippen molar-refractivity contribution in [3.63, 3.8) is 0 Å². The quantitative estimate of drug-likeness (QED) is 0.105. The fourth-order valence-electron chi connectivity index (χ4n) is 2.85. The average Bonchev–Trinajstić information content (AvgIpc) is 2.62. The molecule has 29 heavy (non-hydrogen) atoms. The molecule has 0 aliphatic rings. The van der Waals surface area contributed by atoms with E-state index in [2.05, 4.69) is 76.5 Å². The molecule has 0 fully saturated rings. The highest BCUT2D eigenvalue weighted by atomic mass is 127. The van der Waals surface area contributed by atoms with E-state index in [1.54, 1.807) is 0 Å². The number of allylic oxidation sites excluding steroid dienone is 1. The zero-order valence-electron chi connectivity index (χ0n) is 19.9. The molecule has 0 N–H and O–H groups in total. The maximum atomic E-state index is 12.8. The first-order valence-corrected chi connectivity index (χ1v) is 14.8. The van der Waals surface area contributed by atoms with Gasteiger partial charge in [0.1, 0.15) is 6.10 Å². The highest BCUT2D eigenvalue weighted by Crippen LogP contribution is 2.38. The maximum absolute atomic E-state index is 12.8. The van der Waals surface area contributed by atoms with Gasteiger partial charge in [0.05, 0.1) is 12.5 Å². The molecule has 0 aliphatic heterocycles. The number of hydrogen-bond donors (Lipinski definition) is 0. The van der Waals surface area contributed by atoms with Crippen molar-refractivity contribution in [1.29, 1.82) is 0 Å². The van der Waals surface area contributed by atoms with Gasteiger partial charge in [0.15, 0.2) is 8.32 Å². The molecule has 0 aromatic heterocycles. The lowest BCUT2D eigenvalue weighted by atomic mass is 9.98. The van der Waals surface area contributed by atoms with E-state index in [1.165, 1.54) is 0 Å². The minimum atomic E-state index is -1.98. The molecular weight excluding hydrogens is 491 g/mol. The van der Waals surface area contributed by atoms with Crippen molar-refractivity contribution < 1.29 is 14.0 Å². The number of ether oxygens (including phenoxy) is 1. The SMILES string of the molecule is C=CC[C@@H](C)CC[C@@H](CC(=O)OC(C(C)=CI)C(C)C=C)O[Si](C)(C)C(C)(C)C. The Hall–Kier alpha value is -0.403. The van der Waals surface area contributed by atoms with Gasteiger partial charge in [0, 0.05) is 5.92 Å². The summed E-state index contributed by atoms with van der Waals surface area (Å²) in [7, 11) is -1.98. The van der Waals surface area contributed by atoms with Crippen LogP contribution in [0.2, 0.25) is 18.1 Å². The molecule has 168 valence electrons. The van der Waals surface area contributed by atoms with Gasteiger partial charge in [-0.25, -0.2) is 0 Å². The van der Waals surface area contributed by atoms with E-state index >= 15 is 0 Å². The summed E-state index contributed by atoms with van der Waals surface area (Å²) in [6, 6.07) is 0. The lowest BCUT2D eigenvalue weighted by Crippen LogP contribution is -2.44. The van der Waals surface area contributed by atoms with Crippen LogP contribution in [0.5, 0.6) is 0 Å². The molecule has 4 atom stereocenters. The summed E-state index contributed by atoms with van der Waals surface area (Å²) in [6.45, 7) is 25.1. The second-order valence-electron chi connectivity index (χ2n) is 9.77. The summed E-state index contributed by atoms with van der Waals surface area (Å²) in [5, 5.41) is 0.0995. The standard InChI is InChI=1S/C24H43IO3Si/c1-11-13-18(3)14-15-21(28-29(9,10)24(6,7)8)16-22(26)27-23(19(4)12-2)20(5)17-25/h11-12,17-19,21,23H,1-2,13-16H2,3-10H3/t18-,19?,21+,23?/m1/s1. The van der Waals surface area contributed by atoms with Crippen LogP contribution in [0.4, 0.5) is 0 Å². The maximum Gasteiger partial charge on any atom is 0.308 e. The Bertz CT molecular complexity index is 563. The van der Waals surface area contributed by atoms with Crippen LogP contribution in [0.1, 0.15) is 67.2 Å². The lowest BCUT2D eigenvalue weighted by Gasteiger charge is -2.39. The Morgan fingerprint density at radius 2 is 1.76 bits per heavy atom. The summed E-state index contributed by atoms with van der Waals surface area (Å²) in [5.74, 6) is 0.408. The largest absolute Gasteiger partial charge is 0.457 e. The monoisotopic (exact) mass is 534 g/mol. The number of esters is 1. The number of carbonyl (C=O) groups excluding carboxylic acids is 1. The molecule has 0 radical (unpaired) electrons. The fourth-order valence-corrected chi connectivity index (χ4v) is 4.59. The first-order valence-electron chi connectivity index (χ1n) is 10.7. The Balaban J connectivity index is 5.32. The summed E-state index contributed by atoms with van der Waals surface area (Å²) < 4.78 is 14.5. The molecule has 0 aromatic carbocycles. The molecule has 3 nitrogen and oxygen atoms in total. The Kier molecular flexibility index (Phi) is 12.9. The van der Waals surface area contributed by atoms with Gasteiger partial charge in [-0.05, 0) is 59.9 Å². The van der Waals surface area contributed by atoms with Crippen LogP contribution in [0.15, 0.2) is 35.0 Å². The third-order valence-corrected chi connectivity index (χ3v) is 11.5. The van der Waals surface area contributed by atoms with E-state index in [4.69, 9.17) is 9.16 Å². The molecule has 0 spiro atoms. The molecule has 0 bridgehead atoms. The number of rotatable bonds is 13. The molecule has 5 heteroatoms. The van der Waals surface area contributed by atoms with Crippen LogP contribution in [0.25, 0.3) is 0 Å². The van der Waals surface area contributed by atoms with E-state index in [0.29, 0.717) is 12.3 Å². The minimum Gasteiger partial charge on any atom is -0.457 e. The number of carbonyl (C=O) groups is 1. The van der Waals surface area contributed by atoms with Crippen molar-refractivity contribution >= 4 is 36.9 Å². The normalized spacial score (nSPS) is 17.2. The molecule has 0 saturated carbocycles. The van der Waals surface area contributed by atoms with Crippen molar-refractivity contribution in [1.82, 2.24) is 0 Å². The van der Waals surface area contributed by atoms with Crippen molar-refractivity contribution in [2.45, 2.75) is 97.6 Å². The van der Waals surface area contributed by atoms with Gasteiger partial charge >= 0.3 is 5.97 Å². The van der Waals surface area contributed by atoms with E-state index < -0.39 is 8.32 Å². The molecule has 2 unspecified atom stereocenters. The highest BCUT2D eigenvalue weighted by molar-refractivity contribution is 14.1. The van der Waals surface area contributed by atoms with Crippen molar-refractivity contribution in [3.8, 4) is 0 Å². The third-order valence-electron chi connectivity index (χ3n) is 5.94. The highest BCUT2D eigenvalue weighted by Gasteiger charge is 2.39. The van der Waals surface area contributed by atoms with Crippen LogP contribution in [-0.2, 0) is 14.0 Å². The van der Waals surface area contributed by atoms with Crippen molar-refractivity contribution in [2.24, 2.45) is 11.8 Å². The molecule has 0 rings (SSSR count). The van der Waals surface area contributed by atoms with Gasteiger partial charge < -0.3 is 9.16 Å². The van der Waals surface area contributed by atoms with Crippen LogP contribution in [0, 0.1) is 11.8 Å². The van der Waals surface area contributed by atoms with Gasteiger partial charge in [-0.15, -0.1) is 13.2 Å². The zero-order chi connectivity index (χ0) is 22.8. The molecule has 0 aromatic rings. The van der Waals surface area contributed by atoms with E-state index in [-0.39, 0.29) is 29.1 Å². The molecule has 0 saturated heterocycles.